The third kappa shape index (κ3) is 2.87. The van der Waals surface area contributed by atoms with E-state index >= 15 is 0 Å². The Kier molecular flexibility index (Phi) is 3.61. The molecule has 0 saturated heterocycles. The molecule has 1 N–H and O–H groups in total. The Morgan fingerprint density at radius 2 is 2.00 bits per heavy atom. The second kappa shape index (κ2) is 5.07. The largest absolute Gasteiger partial charge is 0.476 e. The molecule has 1 aromatic heterocycles. The van der Waals surface area contributed by atoms with Gasteiger partial charge in [0.25, 0.3) is 0 Å². The fourth-order valence-corrected chi connectivity index (χ4v) is 2.03. The number of aromatic nitrogens is 2. The highest BCUT2D eigenvalue weighted by Crippen LogP contribution is 2.24. The highest BCUT2D eigenvalue weighted by atomic mass is 19.1. The zero-order chi connectivity index (χ0) is 14.9. The first-order chi connectivity index (χ1) is 9.29. The standard InChI is InChI=1S/C15H17FN2O2/c1-15(2,3)13-8-12(14(19)20)17-18(13)9-10-6-4-5-7-11(10)16/h4-8H,9H2,1-3H3,(H,19,20). The number of carboxylic acid groups (broad SMARTS) is 1. The number of halogens is 1. The monoisotopic (exact) mass is 276 g/mol. The number of rotatable bonds is 3. The molecule has 0 aliphatic carbocycles. The minimum absolute atomic E-state index is 0.0220. The van der Waals surface area contributed by atoms with Gasteiger partial charge in [0, 0.05) is 16.7 Å². The third-order valence-electron chi connectivity index (χ3n) is 3.05. The van der Waals surface area contributed by atoms with Gasteiger partial charge in [-0.15, -0.1) is 0 Å². The van der Waals surface area contributed by atoms with Crippen LogP contribution in [0.15, 0.2) is 30.3 Å². The molecule has 2 rings (SSSR count). The summed E-state index contributed by atoms with van der Waals surface area (Å²) in [6.07, 6.45) is 0. The van der Waals surface area contributed by atoms with E-state index in [1.54, 1.807) is 28.9 Å². The number of hydrogen-bond acceptors (Lipinski definition) is 2. The normalized spacial score (nSPS) is 11.6. The predicted molar refractivity (Wildman–Crippen MR) is 73.4 cm³/mol. The molecule has 1 heterocycles. The molecule has 0 atom stereocenters. The van der Waals surface area contributed by atoms with Crippen molar-refractivity contribution in [3.63, 3.8) is 0 Å². The van der Waals surface area contributed by atoms with Crippen LogP contribution >= 0.6 is 0 Å². The van der Waals surface area contributed by atoms with Gasteiger partial charge in [0.2, 0.25) is 0 Å². The van der Waals surface area contributed by atoms with E-state index in [0.717, 1.165) is 5.69 Å². The lowest BCUT2D eigenvalue weighted by Crippen LogP contribution is -2.19. The Morgan fingerprint density at radius 3 is 2.55 bits per heavy atom. The van der Waals surface area contributed by atoms with E-state index in [9.17, 15) is 9.18 Å². The van der Waals surface area contributed by atoms with E-state index in [2.05, 4.69) is 5.10 Å². The summed E-state index contributed by atoms with van der Waals surface area (Å²) in [6, 6.07) is 7.97. The van der Waals surface area contributed by atoms with Gasteiger partial charge in [-0.1, -0.05) is 39.0 Å². The Balaban J connectivity index is 2.45. The third-order valence-corrected chi connectivity index (χ3v) is 3.05. The van der Waals surface area contributed by atoms with Crippen LogP contribution < -0.4 is 0 Å². The van der Waals surface area contributed by atoms with E-state index in [1.807, 2.05) is 20.8 Å². The summed E-state index contributed by atoms with van der Waals surface area (Å²) >= 11 is 0. The molecule has 1 aromatic carbocycles. The van der Waals surface area contributed by atoms with Crippen LogP contribution in [0.3, 0.4) is 0 Å². The van der Waals surface area contributed by atoms with Crippen molar-refractivity contribution in [2.75, 3.05) is 0 Å². The van der Waals surface area contributed by atoms with E-state index in [-0.39, 0.29) is 23.5 Å². The minimum atomic E-state index is -1.08. The summed E-state index contributed by atoms with van der Waals surface area (Å²) < 4.78 is 15.3. The van der Waals surface area contributed by atoms with Crippen molar-refractivity contribution in [2.24, 2.45) is 0 Å². The Labute approximate surface area is 116 Å². The fourth-order valence-electron chi connectivity index (χ4n) is 2.03. The maximum Gasteiger partial charge on any atom is 0.356 e. The predicted octanol–water partition coefficient (Wildman–Crippen LogP) is 3.07. The average molecular weight is 276 g/mol. The molecular weight excluding hydrogens is 259 g/mol. The van der Waals surface area contributed by atoms with E-state index in [4.69, 9.17) is 5.11 Å². The molecule has 5 heteroatoms. The van der Waals surface area contributed by atoms with Crippen LogP contribution in [0.1, 0.15) is 42.5 Å². The van der Waals surface area contributed by atoms with Crippen molar-refractivity contribution in [2.45, 2.75) is 32.7 Å². The van der Waals surface area contributed by atoms with E-state index in [0.29, 0.717) is 5.56 Å². The lowest BCUT2D eigenvalue weighted by molar-refractivity contribution is 0.0689. The molecule has 20 heavy (non-hydrogen) atoms. The lowest BCUT2D eigenvalue weighted by atomic mass is 9.91. The zero-order valence-electron chi connectivity index (χ0n) is 11.7. The summed E-state index contributed by atoms with van der Waals surface area (Å²) in [5.41, 5.74) is 0.953. The smallest absolute Gasteiger partial charge is 0.356 e. The van der Waals surface area contributed by atoms with Gasteiger partial charge in [0.1, 0.15) is 5.82 Å². The van der Waals surface area contributed by atoms with Gasteiger partial charge in [-0.25, -0.2) is 9.18 Å². The van der Waals surface area contributed by atoms with Crippen molar-refractivity contribution >= 4 is 5.97 Å². The van der Waals surface area contributed by atoms with Crippen molar-refractivity contribution in [3.05, 3.63) is 53.1 Å². The van der Waals surface area contributed by atoms with Crippen LogP contribution in [0.2, 0.25) is 0 Å². The van der Waals surface area contributed by atoms with Crippen LogP contribution in [-0.2, 0) is 12.0 Å². The SMILES string of the molecule is CC(C)(C)c1cc(C(=O)O)nn1Cc1ccccc1F. The topological polar surface area (TPSA) is 55.1 Å². The second-order valence-electron chi connectivity index (χ2n) is 5.72. The van der Waals surface area contributed by atoms with Gasteiger partial charge in [-0.05, 0) is 12.1 Å². The van der Waals surface area contributed by atoms with Crippen molar-refractivity contribution in [3.8, 4) is 0 Å². The number of nitrogens with zero attached hydrogens (tertiary/aromatic N) is 2. The summed E-state index contributed by atoms with van der Waals surface area (Å²) in [4.78, 5) is 11.1. The molecule has 0 unspecified atom stereocenters. The number of benzene rings is 1. The molecule has 0 bridgehead atoms. The fraction of sp³-hybridized carbons (Fsp3) is 0.333. The summed E-state index contributed by atoms with van der Waals surface area (Å²) in [5.74, 6) is -1.40. The molecule has 0 aliphatic rings. The van der Waals surface area contributed by atoms with Crippen LogP contribution in [0.5, 0.6) is 0 Å². The Bertz CT molecular complexity index is 642. The summed E-state index contributed by atoms with van der Waals surface area (Å²) in [5, 5.41) is 13.1. The molecular formula is C15H17FN2O2. The summed E-state index contributed by atoms with van der Waals surface area (Å²) in [6.45, 7) is 6.11. The van der Waals surface area contributed by atoms with Crippen molar-refractivity contribution < 1.29 is 14.3 Å². The zero-order valence-corrected chi connectivity index (χ0v) is 11.7. The van der Waals surface area contributed by atoms with E-state index < -0.39 is 5.97 Å². The Morgan fingerprint density at radius 1 is 1.35 bits per heavy atom. The Hall–Kier alpha value is -2.17. The van der Waals surface area contributed by atoms with Crippen molar-refractivity contribution in [1.29, 1.82) is 0 Å². The van der Waals surface area contributed by atoms with Gasteiger partial charge in [-0.3, -0.25) is 4.68 Å². The molecule has 4 nitrogen and oxygen atoms in total. The van der Waals surface area contributed by atoms with Crippen LogP contribution in [0, 0.1) is 5.82 Å². The number of hydrogen-bond donors (Lipinski definition) is 1. The molecule has 2 aromatic rings. The molecule has 106 valence electrons. The van der Waals surface area contributed by atoms with Gasteiger partial charge < -0.3 is 5.11 Å². The quantitative estimate of drug-likeness (QED) is 0.937. The van der Waals surface area contributed by atoms with E-state index in [1.165, 1.54) is 6.07 Å². The van der Waals surface area contributed by atoms with Crippen LogP contribution in [0.25, 0.3) is 0 Å². The average Bonchev–Trinajstić information content (AvgIpc) is 2.76. The molecule has 0 fully saturated rings. The first-order valence-electron chi connectivity index (χ1n) is 6.34. The van der Waals surface area contributed by atoms with Gasteiger partial charge in [-0.2, -0.15) is 5.10 Å². The van der Waals surface area contributed by atoms with Crippen molar-refractivity contribution in [1.82, 2.24) is 9.78 Å². The van der Waals surface area contributed by atoms with Gasteiger partial charge in [0.15, 0.2) is 5.69 Å². The van der Waals surface area contributed by atoms with Crippen LogP contribution in [-0.4, -0.2) is 20.9 Å². The maximum atomic E-state index is 13.7. The molecule has 0 spiro atoms. The highest BCUT2D eigenvalue weighted by molar-refractivity contribution is 5.85. The molecule has 0 saturated carbocycles. The first-order valence-corrected chi connectivity index (χ1v) is 6.34. The first kappa shape index (κ1) is 14.2. The highest BCUT2D eigenvalue weighted by Gasteiger charge is 2.23. The number of aromatic carboxylic acids is 1. The number of carbonyl (C=O) groups is 1. The van der Waals surface area contributed by atoms with Gasteiger partial charge >= 0.3 is 5.97 Å². The maximum absolute atomic E-state index is 13.7. The summed E-state index contributed by atoms with van der Waals surface area (Å²) in [7, 11) is 0. The number of carboxylic acids is 1. The minimum Gasteiger partial charge on any atom is -0.476 e. The molecule has 0 amide bonds. The molecule has 0 aliphatic heterocycles. The van der Waals surface area contributed by atoms with Crippen LogP contribution in [0.4, 0.5) is 4.39 Å². The molecule has 0 radical (unpaired) electrons. The van der Waals surface area contributed by atoms with Gasteiger partial charge in [0.05, 0.1) is 6.54 Å². The second-order valence-corrected chi connectivity index (χ2v) is 5.72. The lowest BCUT2D eigenvalue weighted by Gasteiger charge is -2.20.